The molecule has 0 aliphatic rings. The van der Waals surface area contributed by atoms with E-state index in [0.717, 1.165) is 55.3 Å². The molecule has 48 heavy (non-hydrogen) atoms. The van der Waals surface area contributed by atoms with Crippen LogP contribution in [0.3, 0.4) is 0 Å². The van der Waals surface area contributed by atoms with Crippen molar-refractivity contribution in [2.24, 2.45) is 0 Å². The predicted octanol–water partition coefficient (Wildman–Crippen LogP) is 10.4. The SMILES string of the molecule is O=C(O)c1cc(Oc2cc(-c3cccc(-n4c5ccccc5c5ccccc54)c3)cc(-n3c4ccccc4c4ccccc43)c2)ccn1. The first-order chi connectivity index (χ1) is 23.6. The van der Waals surface area contributed by atoms with Gasteiger partial charge in [0.2, 0.25) is 0 Å². The number of rotatable bonds is 6. The Morgan fingerprint density at radius 3 is 1.58 bits per heavy atom. The highest BCUT2D eigenvalue weighted by atomic mass is 16.5. The first-order valence-corrected chi connectivity index (χ1v) is 15.7. The van der Waals surface area contributed by atoms with Crippen molar-refractivity contribution in [1.29, 1.82) is 0 Å². The van der Waals surface area contributed by atoms with Gasteiger partial charge in [-0.2, -0.15) is 0 Å². The Kier molecular flexibility index (Phi) is 6.33. The Balaban J connectivity index is 1.26. The van der Waals surface area contributed by atoms with Gasteiger partial charge >= 0.3 is 5.97 Å². The van der Waals surface area contributed by atoms with Crippen molar-refractivity contribution in [2.45, 2.75) is 0 Å². The summed E-state index contributed by atoms with van der Waals surface area (Å²) < 4.78 is 11.0. The van der Waals surface area contributed by atoms with Crippen LogP contribution >= 0.6 is 0 Å². The summed E-state index contributed by atoms with van der Waals surface area (Å²) in [6.45, 7) is 0. The fourth-order valence-corrected chi connectivity index (χ4v) is 6.89. The lowest BCUT2D eigenvalue weighted by Crippen LogP contribution is -2.00. The number of aromatic carboxylic acids is 1. The van der Waals surface area contributed by atoms with Gasteiger partial charge in [-0.25, -0.2) is 9.78 Å². The van der Waals surface area contributed by atoms with Crippen LogP contribution in [0.5, 0.6) is 11.5 Å². The molecule has 0 saturated heterocycles. The first kappa shape index (κ1) is 27.6. The van der Waals surface area contributed by atoms with Crippen LogP contribution in [-0.2, 0) is 0 Å². The van der Waals surface area contributed by atoms with Gasteiger partial charge in [-0.15, -0.1) is 0 Å². The fraction of sp³-hybridized carbons (Fsp3) is 0. The molecule has 0 unspecified atom stereocenters. The van der Waals surface area contributed by atoms with Crippen molar-refractivity contribution >= 4 is 49.6 Å². The quantitative estimate of drug-likeness (QED) is 0.201. The molecule has 9 aromatic rings. The second-order valence-electron chi connectivity index (χ2n) is 11.8. The number of carboxylic acid groups (broad SMARTS) is 1. The number of para-hydroxylation sites is 4. The number of aromatic nitrogens is 3. The lowest BCUT2D eigenvalue weighted by atomic mass is 10.0. The standard InChI is InChI=1S/C42H27N3O3/c46-42(47)37-26-31(20-21-43-37)48-32-24-28(23-30(25-32)45-40-18-7-3-14-35(40)36-15-4-8-19-41(36)45)27-10-9-11-29(22-27)44-38-16-5-1-12-33(38)34-13-2-6-17-39(34)44/h1-26H,(H,46,47). The maximum atomic E-state index is 11.7. The Morgan fingerprint density at radius 2 is 1.02 bits per heavy atom. The molecule has 0 bridgehead atoms. The zero-order valence-electron chi connectivity index (χ0n) is 25.6. The van der Waals surface area contributed by atoms with Gasteiger partial charge in [-0.3, -0.25) is 0 Å². The molecule has 228 valence electrons. The summed E-state index contributed by atoms with van der Waals surface area (Å²) in [4.78, 5) is 15.6. The van der Waals surface area contributed by atoms with E-state index in [0.29, 0.717) is 11.5 Å². The molecule has 0 radical (unpaired) electrons. The number of carboxylic acids is 1. The van der Waals surface area contributed by atoms with Crippen molar-refractivity contribution < 1.29 is 14.6 Å². The molecule has 0 aliphatic carbocycles. The third kappa shape index (κ3) is 4.50. The van der Waals surface area contributed by atoms with Gasteiger partial charge in [0.15, 0.2) is 5.69 Å². The van der Waals surface area contributed by atoms with E-state index in [1.54, 1.807) is 6.07 Å². The molecule has 0 atom stereocenters. The molecule has 6 nitrogen and oxygen atoms in total. The third-order valence-corrected chi connectivity index (χ3v) is 8.93. The van der Waals surface area contributed by atoms with Gasteiger partial charge in [0.1, 0.15) is 11.5 Å². The maximum Gasteiger partial charge on any atom is 0.354 e. The number of benzene rings is 6. The van der Waals surface area contributed by atoms with Crippen LogP contribution in [0.15, 0.2) is 158 Å². The van der Waals surface area contributed by atoms with Crippen LogP contribution in [0.2, 0.25) is 0 Å². The Bertz CT molecular complexity index is 2600. The van der Waals surface area contributed by atoms with Gasteiger partial charge in [0.25, 0.3) is 0 Å². The monoisotopic (exact) mass is 621 g/mol. The lowest BCUT2D eigenvalue weighted by molar-refractivity contribution is 0.0690. The molecule has 1 N–H and O–H groups in total. The summed E-state index contributed by atoms with van der Waals surface area (Å²) in [7, 11) is 0. The van der Waals surface area contributed by atoms with Crippen molar-refractivity contribution in [3.63, 3.8) is 0 Å². The number of hydrogen-bond acceptors (Lipinski definition) is 3. The van der Waals surface area contributed by atoms with Crippen LogP contribution in [0.25, 0.3) is 66.1 Å². The second-order valence-corrected chi connectivity index (χ2v) is 11.8. The maximum absolute atomic E-state index is 11.7. The first-order valence-electron chi connectivity index (χ1n) is 15.7. The molecule has 6 aromatic carbocycles. The van der Waals surface area contributed by atoms with Gasteiger partial charge < -0.3 is 19.0 Å². The van der Waals surface area contributed by atoms with Gasteiger partial charge in [0.05, 0.1) is 27.8 Å². The zero-order valence-corrected chi connectivity index (χ0v) is 25.6. The third-order valence-electron chi connectivity index (χ3n) is 8.93. The van der Waals surface area contributed by atoms with E-state index in [4.69, 9.17) is 4.74 Å². The Hall–Kier alpha value is -6.66. The molecule has 0 spiro atoms. The molecular formula is C42H27N3O3. The van der Waals surface area contributed by atoms with Gasteiger partial charge in [0, 0.05) is 45.6 Å². The highest BCUT2D eigenvalue weighted by Gasteiger charge is 2.16. The van der Waals surface area contributed by atoms with Gasteiger partial charge in [-0.1, -0.05) is 84.9 Å². The largest absolute Gasteiger partial charge is 0.477 e. The summed E-state index contributed by atoms with van der Waals surface area (Å²) in [5.74, 6) is -0.136. The number of hydrogen-bond donors (Lipinski definition) is 1. The average Bonchev–Trinajstić information content (AvgIpc) is 3.65. The van der Waals surface area contributed by atoms with Gasteiger partial charge in [-0.05, 0) is 65.7 Å². The van der Waals surface area contributed by atoms with Crippen LogP contribution in [0.1, 0.15) is 10.5 Å². The number of pyridine rings is 1. The molecular weight excluding hydrogens is 594 g/mol. The molecule has 3 heterocycles. The average molecular weight is 622 g/mol. The van der Waals surface area contributed by atoms with Crippen LogP contribution in [0.4, 0.5) is 0 Å². The summed E-state index contributed by atoms with van der Waals surface area (Å²) in [6.07, 6.45) is 1.45. The van der Waals surface area contributed by atoms with Crippen LogP contribution in [-0.4, -0.2) is 25.2 Å². The highest BCUT2D eigenvalue weighted by Crippen LogP contribution is 2.38. The number of nitrogens with zero attached hydrogens (tertiary/aromatic N) is 3. The van der Waals surface area contributed by atoms with Crippen molar-refractivity contribution in [1.82, 2.24) is 14.1 Å². The molecule has 0 aliphatic heterocycles. The summed E-state index contributed by atoms with van der Waals surface area (Å²) in [5, 5.41) is 14.3. The Labute approximate surface area is 275 Å². The van der Waals surface area contributed by atoms with E-state index in [1.807, 2.05) is 12.1 Å². The number of fused-ring (bicyclic) bond motifs is 6. The van der Waals surface area contributed by atoms with Crippen LogP contribution < -0.4 is 4.74 Å². The van der Waals surface area contributed by atoms with E-state index in [1.165, 1.54) is 23.0 Å². The predicted molar refractivity (Wildman–Crippen MR) is 192 cm³/mol. The smallest absolute Gasteiger partial charge is 0.354 e. The molecule has 0 fully saturated rings. The fourth-order valence-electron chi connectivity index (χ4n) is 6.89. The van der Waals surface area contributed by atoms with Crippen molar-refractivity contribution in [2.75, 3.05) is 0 Å². The molecule has 9 rings (SSSR count). The Morgan fingerprint density at radius 1 is 0.500 bits per heavy atom. The minimum Gasteiger partial charge on any atom is -0.477 e. The van der Waals surface area contributed by atoms with E-state index < -0.39 is 5.97 Å². The summed E-state index contributed by atoms with van der Waals surface area (Å²) >= 11 is 0. The molecule has 6 heteroatoms. The van der Waals surface area contributed by atoms with E-state index >= 15 is 0 Å². The van der Waals surface area contributed by atoms with E-state index in [2.05, 4.69) is 142 Å². The molecule has 0 amide bonds. The highest BCUT2D eigenvalue weighted by molar-refractivity contribution is 6.10. The van der Waals surface area contributed by atoms with Crippen LogP contribution in [0, 0.1) is 0 Å². The lowest BCUT2D eigenvalue weighted by Gasteiger charge is -2.15. The summed E-state index contributed by atoms with van der Waals surface area (Å²) in [6, 6.07) is 51.6. The number of ether oxygens (including phenoxy) is 1. The second kappa shape index (κ2) is 11.0. The normalized spacial score (nSPS) is 11.5. The minimum atomic E-state index is -1.11. The zero-order chi connectivity index (χ0) is 32.2. The van der Waals surface area contributed by atoms with E-state index in [-0.39, 0.29) is 5.69 Å². The minimum absolute atomic E-state index is 0.0786. The van der Waals surface area contributed by atoms with E-state index in [9.17, 15) is 9.90 Å². The van der Waals surface area contributed by atoms with Crippen molar-refractivity contribution in [3.05, 3.63) is 164 Å². The summed E-state index contributed by atoms with van der Waals surface area (Å²) in [5.41, 5.74) is 8.32. The van der Waals surface area contributed by atoms with Crippen molar-refractivity contribution in [3.8, 4) is 34.0 Å². The molecule has 3 aromatic heterocycles. The number of carbonyl (C=O) groups is 1. The molecule has 0 saturated carbocycles. The topological polar surface area (TPSA) is 69.3 Å².